The average molecular weight is 484 g/mol. The number of pyridine rings is 1. The number of nitrogens with two attached hydrogens (primary N) is 1. The lowest BCUT2D eigenvalue weighted by Gasteiger charge is -2.23. The van der Waals surface area contributed by atoms with Gasteiger partial charge in [-0.3, -0.25) is 9.78 Å². The molecule has 1 amide bonds. The molecule has 5 rings (SSSR count). The standard InChI is InChI=1S/C28H29N5O3/c1-35-26-10-7-20(19-5-3-2-4-6-19)15-24(26)33-28-31-16-21-14-22(8-9-23(21)32-28)36-17-18-11-12-30-25(13-18)27(29)34/h7-16,19H,2-6,17H2,1H3,(H2,29,34)(H,31,32,33). The van der Waals surface area contributed by atoms with Gasteiger partial charge in [0, 0.05) is 17.8 Å². The van der Waals surface area contributed by atoms with Crippen LogP contribution in [-0.2, 0) is 6.61 Å². The van der Waals surface area contributed by atoms with E-state index in [0.717, 1.165) is 27.9 Å². The molecule has 3 N–H and O–H groups in total. The summed E-state index contributed by atoms with van der Waals surface area (Å²) in [6.45, 7) is 0.284. The number of primary amides is 1. The van der Waals surface area contributed by atoms with Gasteiger partial charge >= 0.3 is 0 Å². The summed E-state index contributed by atoms with van der Waals surface area (Å²) in [5.74, 6) is 1.97. The molecule has 0 unspecified atom stereocenters. The van der Waals surface area contributed by atoms with Gasteiger partial charge in [-0.2, -0.15) is 0 Å². The van der Waals surface area contributed by atoms with Gasteiger partial charge in [-0.05, 0) is 72.4 Å². The van der Waals surface area contributed by atoms with Gasteiger partial charge in [0.25, 0.3) is 5.91 Å². The number of carbonyl (C=O) groups is 1. The molecule has 0 aliphatic heterocycles. The Bertz CT molecular complexity index is 1380. The first-order valence-electron chi connectivity index (χ1n) is 12.2. The fourth-order valence-electron chi connectivity index (χ4n) is 4.66. The summed E-state index contributed by atoms with van der Waals surface area (Å²) >= 11 is 0. The molecule has 8 nitrogen and oxygen atoms in total. The van der Waals surface area contributed by atoms with E-state index in [4.69, 9.17) is 15.2 Å². The number of ether oxygens (including phenoxy) is 2. The minimum atomic E-state index is -0.567. The van der Waals surface area contributed by atoms with Gasteiger partial charge in [0.2, 0.25) is 5.95 Å². The second-order valence-corrected chi connectivity index (χ2v) is 9.04. The minimum Gasteiger partial charge on any atom is -0.495 e. The largest absolute Gasteiger partial charge is 0.495 e. The maximum atomic E-state index is 11.3. The number of rotatable bonds is 8. The number of amides is 1. The predicted molar refractivity (Wildman–Crippen MR) is 139 cm³/mol. The molecule has 0 atom stereocenters. The average Bonchev–Trinajstić information content (AvgIpc) is 2.92. The Labute approximate surface area is 209 Å². The van der Waals surface area contributed by atoms with Gasteiger partial charge in [-0.1, -0.05) is 25.3 Å². The summed E-state index contributed by atoms with van der Waals surface area (Å²) < 4.78 is 11.5. The fraction of sp³-hybridized carbons (Fsp3) is 0.286. The van der Waals surface area contributed by atoms with Crippen molar-refractivity contribution >= 4 is 28.4 Å². The fourth-order valence-corrected chi connectivity index (χ4v) is 4.66. The van der Waals surface area contributed by atoms with Crippen LogP contribution in [0.4, 0.5) is 11.6 Å². The van der Waals surface area contributed by atoms with Crippen molar-refractivity contribution in [3.8, 4) is 11.5 Å². The van der Waals surface area contributed by atoms with Crippen molar-refractivity contribution in [2.75, 3.05) is 12.4 Å². The highest BCUT2D eigenvalue weighted by atomic mass is 16.5. The highest BCUT2D eigenvalue weighted by Gasteiger charge is 2.17. The molecule has 4 aromatic rings. The van der Waals surface area contributed by atoms with Crippen LogP contribution in [0.5, 0.6) is 11.5 Å². The zero-order valence-electron chi connectivity index (χ0n) is 20.2. The Morgan fingerprint density at radius 1 is 1.06 bits per heavy atom. The van der Waals surface area contributed by atoms with Crippen LogP contribution >= 0.6 is 0 Å². The van der Waals surface area contributed by atoms with Crippen molar-refractivity contribution in [3.63, 3.8) is 0 Å². The highest BCUT2D eigenvalue weighted by molar-refractivity contribution is 5.90. The van der Waals surface area contributed by atoms with E-state index in [0.29, 0.717) is 17.6 Å². The third-order valence-corrected chi connectivity index (χ3v) is 6.58. The zero-order valence-corrected chi connectivity index (χ0v) is 20.2. The first-order chi connectivity index (χ1) is 17.6. The van der Waals surface area contributed by atoms with Gasteiger partial charge in [-0.15, -0.1) is 0 Å². The van der Waals surface area contributed by atoms with Crippen LogP contribution in [0.2, 0.25) is 0 Å². The molecule has 2 heterocycles. The van der Waals surface area contributed by atoms with Crippen LogP contribution in [0.15, 0.2) is 60.9 Å². The number of hydrogen-bond donors (Lipinski definition) is 2. The first kappa shape index (κ1) is 23.5. The van der Waals surface area contributed by atoms with Crippen LogP contribution in [-0.4, -0.2) is 28.0 Å². The van der Waals surface area contributed by atoms with Crippen LogP contribution < -0.4 is 20.5 Å². The summed E-state index contributed by atoms with van der Waals surface area (Å²) in [5, 5.41) is 4.20. The lowest BCUT2D eigenvalue weighted by molar-refractivity contribution is 0.0995. The Balaban J connectivity index is 1.31. The second kappa shape index (κ2) is 10.6. The summed E-state index contributed by atoms with van der Waals surface area (Å²) in [5.41, 5.74) is 9.31. The van der Waals surface area contributed by atoms with Crippen molar-refractivity contribution in [1.29, 1.82) is 0 Å². The molecule has 184 valence electrons. The van der Waals surface area contributed by atoms with E-state index in [-0.39, 0.29) is 12.3 Å². The Hall–Kier alpha value is -4.20. The van der Waals surface area contributed by atoms with Crippen molar-refractivity contribution in [3.05, 3.63) is 77.7 Å². The number of aromatic nitrogens is 3. The van der Waals surface area contributed by atoms with E-state index < -0.39 is 5.91 Å². The monoisotopic (exact) mass is 483 g/mol. The maximum absolute atomic E-state index is 11.3. The molecular weight excluding hydrogens is 454 g/mol. The molecule has 2 aromatic carbocycles. The number of fused-ring (bicyclic) bond motifs is 1. The SMILES string of the molecule is COc1ccc(C2CCCCC2)cc1Nc1ncc2cc(OCc3ccnc(C(N)=O)c3)ccc2n1. The lowest BCUT2D eigenvalue weighted by Crippen LogP contribution is -2.13. The van der Waals surface area contributed by atoms with Crippen LogP contribution in [0.3, 0.4) is 0 Å². The molecule has 36 heavy (non-hydrogen) atoms. The van der Waals surface area contributed by atoms with Crippen LogP contribution in [0.1, 0.15) is 59.6 Å². The zero-order chi connectivity index (χ0) is 24.9. The van der Waals surface area contributed by atoms with Gasteiger partial charge < -0.3 is 20.5 Å². The number of hydrogen-bond acceptors (Lipinski definition) is 7. The molecule has 0 radical (unpaired) electrons. The molecule has 1 saturated carbocycles. The normalized spacial score (nSPS) is 13.9. The Morgan fingerprint density at radius 2 is 1.92 bits per heavy atom. The quantitative estimate of drug-likeness (QED) is 0.340. The van der Waals surface area contributed by atoms with E-state index >= 15 is 0 Å². The van der Waals surface area contributed by atoms with E-state index in [1.807, 2.05) is 24.3 Å². The van der Waals surface area contributed by atoms with Crippen molar-refractivity contribution in [2.24, 2.45) is 5.73 Å². The lowest BCUT2D eigenvalue weighted by atomic mass is 9.84. The predicted octanol–water partition coefficient (Wildman–Crippen LogP) is 5.50. The third kappa shape index (κ3) is 5.38. The smallest absolute Gasteiger partial charge is 0.267 e. The second-order valence-electron chi connectivity index (χ2n) is 9.04. The van der Waals surface area contributed by atoms with Crippen molar-refractivity contribution in [2.45, 2.75) is 44.6 Å². The molecule has 0 bridgehead atoms. The number of methoxy groups -OCH3 is 1. The maximum Gasteiger partial charge on any atom is 0.267 e. The molecule has 8 heteroatoms. The topological polar surface area (TPSA) is 112 Å². The first-order valence-corrected chi connectivity index (χ1v) is 12.2. The molecule has 2 aromatic heterocycles. The summed E-state index contributed by atoms with van der Waals surface area (Å²) in [6.07, 6.45) is 9.68. The third-order valence-electron chi connectivity index (χ3n) is 6.58. The van der Waals surface area contributed by atoms with Crippen molar-refractivity contribution < 1.29 is 14.3 Å². The molecule has 1 aliphatic carbocycles. The van der Waals surface area contributed by atoms with Gasteiger partial charge in [-0.25, -0.2) is 9.97 Å². The number of carbonyl (C=O) groups excluding carboxylic acids is 1. The van der Waals surface area contributed by atoms with Crippen LogP contribution in [0.25, 0.3) is 10.9 Å². The van der Waals surface area contributed by atoms with E-state index in [1.54, 1.807) is 31.6 Å². The molecule has 0 saturated heterocycles. The summed E-state index contributed by atoms with van der Waals surface area (Å²) in [7, 11) is 1.67. The Morgan fingerprint density at radius 3 is 2.72 bits per heavy atom. The van der Waals surface area contributed by atoms with Gasteiger partial charge in [0.05, 0.1) is 18.3 Å². The highest BCUT2D eigenvalue weighted by Crippen LogP contribution is 2.37. The summed E-state index contributed by atoms with van der Waals surface area (Å²) in [6, 6.07) is 15.4. The Kier molecular flexibility index (Phi) is 6.93. The number of benzene rings is 2. The van der Waals surface area contributed by atoms with Gasteiger partial charge in [0.1, 0.15) is 23.8 Å². The molecule has 1 fully saturated rings. The number of anilines is 2. The number of nitrogens with one attached hydrogen (secondary N) is 1. The molecule has 0 spiro atoms. The summed E-state index contributed by atoms with van der Waals surface area (Å²) in [4.78, 5) is 24.5. The van der Waals surface area contributed by atoms with Crippen molar-refractivity contribution in [1.82, 2.24) is 15.0 Å². The molecular formula is C28H29N5O3. The minimum absolute atomic E-state index is 0.212. The molecule has 1 aliphatic rings. The number of nitrogens with zero attached hydrogens (tertiary/aromatic N) is 3. The van der Waals surface area contributed by atoms with E-state index in [9.17, 15) is 4.79 Å². The van der Waals surface area contributed by atoms with Crippen LogP contribution in [0, 0.1) is 0 Å². The van der Waals surface area contributed by atoms with E-state index in [2.05, 4.69) is 32.4 Å². The van der Waals surface area contributed by atoms with E-state index in [1.165, 1.54) is 37.7 Å². The van der Waals surface area contributed by atoms with Gasteiger partial charge in [0.15, 0.2) is 0 Å².